The second-order valence-electron chi connectivity index (χ2n) is 6.85. The van der Waals surface area contributed by atoms with Crippen molar-refractivity contribution in [2.24, 2.45) is 11.8 Å². The average Bonchev–Trinajstić information content (AvgIpc) is 2.50. The third kappa shape index (κ3) is 2.95. The predicted molar refractivity (Wildman–Crippen MR) is 80.1 cm³/mol. The fourth-order valence-electron chi connectivity index (χ4n) is 2.36. The lowest BCUT2D eigenvalue weighted by molar-refractivity contribution is 0.130. The largest absolute Gasteiger partial charge is 0.413 e. The first-order valence-corrected chi connectivity index (χ1v) is 9.66. The van der Waals surface area contributed by atoms with Crippen molar-refractivity contribution in [3.8, 4) is 0 Å². The van der Waals surface area contributed by atoms with Crippen molar-refractivity contribution < 1.29 is 9.53 Å². The van der Waals surface area contributed by atoms with Crippen LogP contribution in [0.15, 0.2) is 25.3 Å². The molecule has 0 saturated heterocycles. The highest BCUT2D eigenvalue weighted by molar-refractivity contribution is 6.74. The molecule has 0 radical (unpaired) electrons. The molecule has 0 aromatic rings. The van der Waals surface area contributed by atoms with E-state index in [2.05, 4.69) is 47.0 Å². The van der Waals surface area contributed by atoms with Gasteiger partial charge in [0.05, 0.1) is 12.2 Å². The summed E-state index contributed by atoms with van der Waals surface area (Å²) in [5, 5.41) is 10.3. The summed E-state index contributed by atoms with van der Waals surface area (Å²) in [6, 6.07) is 0. The van der Waals surface area contributed by atoms with Gasteiger partial charge in [-0.1, -0.05) is 32.9 Å². The summed E-state index contributed by atoms with van der Waals surface area (Å²) in [6.45, 7) is 18.9. The molecule has 2 unspecified atom stereocenters. The molecule has 0 bridgehead atoms. The van der Waals surface area contributed by atoms with Gasteiger partial charge in [-0.3, -0.25) is 0 Å². The minimum Gasteiger partial charge on any atom is -0.413 e. The Morgan fingerprint density at radius 1 is 1.17 bits per heavy atom. The predicted octanol–water partition coefficient (Wildman–Crippen LogP) is 3.75. The summed E-state index contributed by atoms with van der Waals surface area (Å²) < 4.78 is 6.43. The molecular weight excluding hydrogens is 240 g/mol. The van der Waals surface area contributed by atoms with Gasteiger partial charge in [0.25, 0.3) is 0 Å². The van der Waals surface area contributed by atoms with Gasteiger partial charge in [0.1, 0.15) is 0 Å². The smallest absolute Gasteiger partial charge is 0.192 e. The molecule has 1 N–H and O–H groups in total. The van der Waals surface area contributed by atoms with E-state index < -0.39 is 8.32 Å². The maximum absolute atomic E-state index is 10.1. The van der Waals surface area contributed by atoms with Gasteiger partial charge in [-0.05, 0) is 24.6 Å². The van der Waals surface area contributed by atoms with Crippen LogP contribution in [0.2, 0.25) is 18.1 Å². The molecule has 104 valence electrons. The molecule has 18 heavy (non-hydrogen) atoms. The van der Waals surface area contributed by atoms with Gasteiger partial charge in [0, 0.05) is 11.8 Å². The van der Waals surface area contributed by atoms with Crippen LogP contribution < -0.4 is 0 Å². The Morgan fingerprint density at radius 3 is 2.06 bits per heavy atom. The molecule has 1 rings (SSSR count). The number of hydrogen-bond donors (Lipinski definition) is 1. The third-order valence-electron chi connectivity index (χ3n) is 4.59. The molecule has 0 spiro atoms. The first-order valence-electron chi connectivity index (χ1n) is 6.75. The van der Waals surface area contributed by atoms with Gasteiger partial charge in [0.15, 0.2) is 8.32 Å². The molecule has 4 atom stereocenters. The molecule has 1 fully saturated rings. The van der Waals surface area contributed by atoms with Crippen molar-refractivity contribution in [2.45, 2.75) is 57.5 Å². The second-order valence-corrected chi connectivity index (χ2v) is 11.6. The third-order valence-corrected chi connectivity index (χ3v) is 9.09. The zero-order valence-electron chi connectivity index (χ0n) is 12.4. The Morgan fingerprint density at radius 2 is 1.67 bits per heavy atom. The lowest BCUT2D eigenvalue weighted by atomic mass is 9.94. The van der Waals surface area contributed by atoms with E-state index in [1.807, 2.05) is 12.2 Å². The van der Waals surface area contributed by atoms with E-state index in [-0.39, 0.29) is 29.1 Å². The van der Waals surface area contributed by atoms with Gasteiger partial charge in [-0.15, -0.1) is 13.2 Å². The Bertz CT molecular complexity index is 317. The van der Waals surface area contributed by atoms with Crippen molar-refractivity contribution in [1.29, 1.82) is 0 Å². The fourth-order valence-corrected chi connectivity index (χ4v) is 3.73. The van der Waals surface area contributed by atoms with Crippen molar-refractivity contribution in [2.75, 3.05) is 0 Å². The van der Waals surface area contributed by atoms with Crippen molar-refractivity contribution in [3.63, 3.8) is 0 Å². The number of hydrogen-bond acceptors (Lipinski definition) is 2. The number of rotatable bonds is 4. The van der Waals surface area contributed by atoms with Gasteiger partial charge < -0.3 is 9.53 Å². The van der Waals surface area contributed by atoms with Crippen LogP contribution in [0.25, 0.3) is 0 Å². The minimum absolute atomic E-state index is 0.0808. The summed E-state index contributed by atoms with van der Waals surface area (Å²) in [5.74, 6) is 0.267. The van der Waals surface area contributed by atoms with Crippen LogP contribution in [0.1, 0.15) is 27.2 Å². The summed E-state index contributed by atoms with van der Waals surface area (Å²) in [5.41, 5.74) is 0. The molecule has 0 heterocycles. The summed E-state index contributed by atoms with van der Waals surface area (Å²) in [7, 11) is -1.79. The molecule has 2 nitrogen and oxygen atoms in total. The van der Waals surface area contributed by atoms with Crippen LogP contribution in [0, 0.1) is 11.8 Å². The molecule has 0 aromatic carbocycles. The average molecular weight is 268 g/mol. The SMILES string of the molecule is C=CC1C(C=C)[C@H](O[Si](C)(C)C(C)(C)C)C[C@@H]1O. The first-order chi connectivity index (χ1) is 8.14. The van der Waals surface area contributed by atoms with Crippen molar-refractivity contribution in [3.05, 3.63) is 25.3 Å². The maximum atomic E-state index is 10.1. The molecular formula is C15H28O2Si. The van der Waals surface area contributed by atoms with Crippen molar-refractivity contribution >= 4 is 8.32 Å². The first kappa shape index (κ1) is 15.7. The van der Waals surface area contributed by atoms with Crippen LogP contribution in [-0.2, 0) is 4.43 Å². The van der Waals surface area contributed by atoms with E-state index >= 15 is 0 Å². The van der Waals surface area contributed by atoms with E-state index in [9.17, 15) is 5.11 Å². The monoisotopic (exact) mass is 268 g/mol. The number of aliphatic hydroxyl groups excluding tert-OH is 1. The van der Waals surface area contributed by atoms with E-state index in [0.29, 0.717) is 6.42 Å². The Balaban J connectivity index is 2.85. The molecule has 1 saturated carbocycles. The lowest BCUT2D eigenvalue weighted by Gasteiger charge is -2.39. The highest BCUT2D eigenvalue weighted by Crippen LogP contribution is 2.43. The standard InChI is InChI=1S/C15H28O2Si/c1-8-11-12(9-2)14(10-13(11)16)17-18(6,7)15(3,4)5/h8-9,11-14,16H,1-2,10H2,3-7H3/t11?,12?,13-,14+/m0/s1. The van der Waals surface area contributed by atoms with Crippen LogP contribution in [0.5, 0.6) is 0 Å². The van der Waals surface area contributed by atoms with E-state index in [4.69, 9.17) is 4.43 Å². The molecule has 1 aliphatic rings. The normalized spacial score (nSPS) is 33.4. The van der Waals surface area contributed by atoms with Crippen LogP contribution in [0.4, 0.5) is 0 Å². The van der Waals surface area contributed by atoms with Gasteiger partial charge in [0.2, 0.25) is 0 Å². The topological polar surface area (TPSA) is 29.5 Å². The van der Waals surface area contributed by atoms with Crippen LogP contribution in [-0.4, -0.2) is 25.6 Å². The minimum atomic E-state index is -1.79. The molecule has 0 aromatic heterocycles. The summed E-state index contributed by atoms with van der Waals surface area (Å²) in [6.07, 6.45) is 4.19. The quantitative estimate of drug-likeness (QED) is 0.621. The Kier molecular flexibility index (Phi) is 4.63. The molecule has 0 aliphatic heterocycles. The van der Waals surface area contributed by atoms with Crippen LogP contribution >= 0.6 is 0 Å². The second kappa shape index (κ2) is 5.31. The molecule has 3 heteroatoms. The Labute approximate surface area is 113 Å². The zero-order chi connectivity index (χ0) is 14.1. The van der Waals surface area contributed by atoms with Gasteiger partial charge in [-0.25, -0.2) is 0 Å². The fraction of sp³-hybridized carbons (Fsp3) is 0.733. The van der Waals surface area contributed by atoms with Crippen molar-refractivity contribution in [1.82, 2.24) is 0 Å². The van der Waals surface area contributed by atoms with E-state index in [1.165, 1.54) is 0 Å². The van der Waals surface area contributed by atoms with E-state index in [1.54, 1.807) is 0 Å². The lowest BCUT2D eigenvalue weighted by Crippen LogP contribution is -2.44. The summed E-state index contributed by atoms with van der Waals surface area (Å²) in [4.78, 5) is 0. The number of aliphatic hydroxyl groups is 1. The zero-order valence-corrected chi connectivity index (χ0v) is 13.4. The van der Waals surface area contributed by atoms with Gasteiger partial charge in [-0.2, -0.15) is 0 Å². The van der Waals surface area contributed by atoms with Gasteiger partial charge >= 0.3 is 0 Å². The highest BCUT2D eigenvalue weighted by Gasteiger charge is 2.46. The van der Waals surface area contributed by atoms with Crippen LogP contribution in [0.3, 0.4) is 0 Å². The highest BCUT2D eigenvalue weighted by atomic mass is 28.4. The molecule has 0 amide bonds. The molecule has 1 aliphatic carbocycles. The Hall–Kier alpha value is -0.383. The maximum Gasteiger partial charge on any atom is 0.192 e. The summed E-state index contributed by atoms with van der Waals surface area (Å²) >= 11 is 0. The van der Waals surface area contributed by atoms with E-state index in [0.717, 1.165) is 0 Å².